The summed E-state index contributed by atoms with van der Waals surface area (Å²) in [5.41, 5.74) is 1.75. The Balaban J connectivity index is 2.22. The quantitative estimate of drug-likeness (QED) is 0.726. The molecule has 0 saturated carbocycles. The molecule has 0 saturated heterocycles. The highest BCUT2D eigenvalue weighted by atomic mass is 32.2. The zero-order valence-corrected chi connectivity index (χ0v) is 14.3. The van der Waals surface area contributed by atoms with Gasteiger partial charge in [-0.3, -0.25) is 0 Å². The summed E-state index contributed by atoms with van der Waals surface area (Å²) < 4.78 is 44.7. The van der Waals surface area contributed by atoms with E-state index < -0.39 is 10.0 Å². The molecule has 0 amide bonds. The van der Waals surface area contributed by atoms with Crippen molar-refractivity contribution in [2.24, 2.45) is 4.40 Å². The number of aromatic nitrogens is 1. The van der Waals surface area contributed by atoms with Gasteiger partial charge in [-0.2, -0.15) is 8.42 Å². The van der Waals surface area contributed by atoms with Crippen molar-refractivity contribution in [2.45, 2.75) is 25.3 Å². The van der Waals surface area contributed by atoms with Gasteiger partial charge >= 0.3 is 0 Å². The van der Waals surface area contributed by atoms with Crippen molar-refractivity contribution in [1.29, 1.82) is 0 Å². The smallest absolute Gasteiger partial charge is 0.285 e. The van der Waals surface area contributed by atoms with Crippen LogP contribution in [0.5, 0.6) is 0 Å². The van der Waals surface area contributed by atoms with E-state index in [4.69, 9.17) is 0 Å². The number of sulfonamides is 1. The van der Waals surface area contributed by atoms with Crippen molar-refractivity contribution in [3.8, 4) is 0 Å². The first kappa shape index (κ1) is 15.9. The van der Waals surface area contributed by atoms with Gasteiger partial charge in [0.25, 0.3) is 10.0 Å². The Kier molecular flexibility index (Phi) is 4.08. The molecule has 120 valence electrons. The molecule has 4 nitrogen and oxygen atoms in total. The van der Waals surface area contributed by atoms with Gasteiger partial charge in [0.05, 0.1) is 15.1 Å². The molecule has 1 heterocycles. The molecular weight excluding hydrogens is 335 g/mol. The van der Waals surface area contributed by atoms with E-state index in [1.165, 1.54) is 24.3 Å². The predicted molar refractivity (Wildman–Crippen MR) is 89.4 cm³/mol. The van der Waals surface area contributed by atoms with Crippen LogP contribution < -0.4 is 4.80 Å². The molecular formula is C16H15FN2O2S2. The van der Waals surface area contributed by atoms with E-state index in [0.29, 0.717) is 16.0 Å². The summed E-state index contributed by atoms with van der Waals surface area (Å²) >= 11 is 1.16. The van der Waals surface area contributed by atoms with E-state index >= 15 is 0 Å². The Morgan fingerprint density at radius 3 is 2.52 bits per heavy atom. The molecule has 23 heavy (non-hydrogen) atoms. The average molecular weight is 350 g/mol. The topological polar surface area (TPSA) is 51.4 Å². The molecule has 3 aromatic rings. The van der Waals surface area contributed by atoms with Crippen LogP contribution in [0.2, 0.25) is 0 Å². The molecule has 2 aromatic carbocycles. The first-order valence-corrected chi connectivity index (χ1v) is 9.33. The maximum absolute atomic E-state index is 13.4. The van der Waals surface area contributed by atoms with Crippen LogP contribution in [0, 0.1) is 12.7 Å². The number of aryl methyl sites for hydroxylation is 2. The lowest BCUT2D eigenvalue weighted by Crippen LogP contribution is -2.16. The van der Waals surface area contributed by atoms with Gasteiger partial charge in [-0.05, 0) is 44.2 Å². The molecule has 0 unspecified atom stereocenters. The lowest BCUT2D eigenvalue weighted by Gasteiger charge is -2.01. The summed E-state index contributed by atoms with van der Waals surface area (Å²) in [5.74, 6) is -0.352. The second-order valence-corrected chi connectivity index (χ2v) is 7.73. The highest BCUT2D eigenvalue weighted by Gasteiger charge is 2.14. The van der Waals surface area contributed by atoms with Crippen LogP contribution in [0.15, 0.2) is 51.8 Å². The van der Waals surface area contributed by atoms with E-state index in [9.17, 15) is 12.8 Å². The molecule has 0 atom stereocenters. The third kappa shape index (κ3) is 3.07. The van der Waals surface area contributed by atoms with Crippen LogP contribution in [0.25, 0.3) is 10.2 Å². The molecule has 0 aliphatic carbocycles. The average Bonchev–Trinajstić information content (AvgIpc) is 2.82. The maximum atomic E-state index is 13.4. The number of hydrogen-bond acceptors (Lipinski definition) is 3. The number of hydrogen-bond donors (Lipinski definition) is 0. The van der Waals surface area contributed by atoms with Crippen molar-refractivity contribution < 1.29 is 12.8 Å². The highest BCUT2D eigenvalue weighted by molar-refractivity contribution is 7.90. The zero-order valence-electron chi connectivity index (χ0n) is 12.7. The SMILES string of the molecule is CCn1/c(=N/S(=O)(=O)c2ccc(C)cc2)sc2cc(F)ccc21. The van der Waals surface area contributed by atoms with Crippen LogP contribution in [0.3, 0.4) is 0 Å². The van der Waals surface area contributed by atoms with E-state index in [1.807, 2.05) is 13.8 Å². The van der Waals surface area contributed by atoms with Crippen molar-refractivity contribution in [1.82, 2.24) is 4.57 Å². The second kappa shape index (κ2) is 5.90. The molecule has 0 aliphatic heterocycles. The minimum atomic E-state index is -3.80. The summed E-state index contributed by atoms with van der Waals surface area (Å²) in [6, 6.07) is 10.9. The molecule has 0 fully saturated rings. The lowest BCUT2D eigenvalue weighted by molar-refractivity contribution is 0.595. The summed E-state index contributed by atoms with van der Waals surface area (Å²) in [6.45, 7) is 4.33. The summed E-state index contributed by atoms with van der Waals surface area (Å²) in [5, 5.41) is 0. The van der Waals surface area contributed by atoms with Gasteiger partial charge in [0.1, 0.15) is 5.82 Å². The van der Waals surface area contributed by atoms with Gasteiger partial charge < -0.3 is 4.57 Å². The van der Waals surface area contributed by atoms with E-state index in [-0.39, 0.29) is 10.7 Å². The van der Waals surface area contributed by atoms with Crippen LogP contribution in [-0.4, -0.2) is 13.0 Å². The lowest BCUT2D eigenvalue weighted by atomic mass is 10.2. The van der Waals surface area contributed by atoms with Crippen LogP contribution in [-0.2, 0) is 16.6 Å². The minimum Gasteiger partial charge on any atom is -0.316 e. The Morgan fingerprint density at radius 2 is 1.87 bits per heavy atom. The van der Waals surface area contributed by atoms with Crippen molar-refractivity contribution in [3.05, 3.63) is 58.6 Å². The number of benzene rings is 2. The highest BCUT2D eigenvalue weighted by Crippen LogP contribution is 2.19. The van der Waals surface area contributed by atoms with Gasteiger partial charge in [0.2, 0.25) is 4.80 Å². The summed E-state index contributed by atoms with van der Waals surface area (Å²) in [6.07, 6.45) is 0. The fraction of sp³-hybridized carbons (Fsp3) is 0.188. The van der Waals surface area contributed by atoms with Crippen LogP contribution in [0.4, 0.5) is 4.39 Å². The number of rotatable bonds is 3. The van der Waals surface area contributed by atoms with Crippen molar-refractivity contribution >= 4 is 31.6 Å². The van der Waals surface area contributed by atoms with E-state index in [0.717, 1.165) is 22.4 Å². The Labute approximate surface area is 137 Å². The zero-order chi connectivity index (χ0) is 16.6. The van der Waals surface area contributed by atoms with Gasteiger partial charge in [0.15, 0.2) is 0 Å². The largest absolute Gasteiger partial charge is 0.316 e. The molecule has 1 aromatic heterocycles. The normalized spacial score (nSPS) is 12.9. The minimum absolute atomic E-state index is 0.148. The number of halogens is 1. The summed E-state index contributed by atoms with van der Waals surface area (Å²) in [4.78, 5) is 0.489. The first-order chi connectivity index (χ1) is 10.9. The van der Waals surface area contributed by atoms with E-state index in [1.54, 1.807) is 22.8 Å². The number of fused-ring (bicyclic) bond motifs is 1. The van der Waals surface area contributed by atoms with Crippen LogP contribution in [0.1, 0.15) is 12.5 Å². The van der Waals surface area contributed by atoms with Crippen molar-refractivity contribution in [3.63, 3.8) is 0 Å². The second-order valence-electron chi connectivity index (χ2n) is 5.12. The molecule has 0 spiro atoms. The third-order valence-corrected chi connectivity index (χ3v) is 5.92. The molecule has 0 aliphatic rings. The summed E-state index contributed by atoms with van der Waals surface area (Å²) in [7, 11) is -3.80. The Bertz CT molecular complexity index is 1030. The third-order valence-electron chi connectivity index (χ3n) is 3.48. The number of thiazole rings is 1. The molecule has 0 bridgehead atoms. The number of nitrogens with zero attached hydrogens (tertiary/aromatic N) is 2. The predicted octanol–water partition coefficient (Wildman–Crippen LogP) is 3.46. The standard InChI is InChI=1S/C16H15FN2O2S2/c1-3-19-14-9-6-12(17)10-15(14)22-16(19)18-23(20,21)13-7-4-11(2)5-8-13/h4-10H,3H2,1-2H3/b18-16-. The van der Waals surface area contributed by atoms with Gasteiger partial charge in [-0.15, -0.1) is 4.40 Å². The maximum Gasteiger partial charge on any atom is 0.285 e. The van der Waals surface area contributed by atoms with Gasteiger partial charge in [0, 0.05) is 6.54 Å². The fourth-order valence-corrected chi connectivity index (χ4v) is 4.61. The molecule has 7 heteroatoms. The van der Waals surface area contributed by atoms with Crippen LogP contribution >= 0.6 is 11.3 Å². The van der Waals surface area contributed by atoms with Gasteiger partial charge in [-0.1, -0.05) is 29.0 Å². The van der Waals surface area contributed by atoms with Gasteiger partial charge in [-0.25, -0.2) is 4.39 Å². The molecule has 0 radical (unpaired) electrons. The monoisotopic (exact) mass is 350 g/mol. The Hall–Kier alpha value is -1.99. The Morgan fingerprint density at radius 1 is 1.17 bits per heavy atom. The first-order valence-electron chi connectivity index (χ1n) is 7.07. The molecule has 0 N–H and O–H groups in total. The molecule has 3 rings (SSSR count). The van der Waals surface area contributed by atoms with E-state index in [2.05, 4.69) is 4.40 Å². The fourth-order valence-electron chi connectivity index (χ4n) is 2.29. The van der Waals surface area contributed by atoms with Crippen molar-refractivity contribution in [2.75, 3.05) is 0 Å².